The highest BCUT2D eigenvalue weighted by atomic mass is 79.9. The maximum absolute atomic E-state index is 5.81. The summed E-state index contributed by atoms with van der Waals surface area (Å²) < 4.78 is 6.53. The largest absolute Gasteiger partial charge is 0.470 e. The average molecular weight is 300 g/mol. The second-order valence-corrected chi connectivity index (χ2v) is 5.80. The SMILES string of the molecule is C=C(Br)CNc1ccc(N)c(OC(C)(C)C)n1. The number of hydrogen-bond acceptors (Lipinski definition) is 4. The van der Waals surface area contributed by atoms with Gasteiger partial charge in [-0.1, -0.05) is 22.5 Å². The van der Waals surface area contributed by atoms with Gasteiger partial charge in [0.25, 0.3) is 0 Å². The van der Waals surface area contributed by atoms with Gasteiger partial charge in [-0.15, -0.1) is 0 Å². The molecule has 0 saturated heterocycles. The van der Waals surface area contributed by atoms with Gasteiger partial charge in [0.2, 0.25) is 5.88 Å². The minimum atomic E-state index is -0.321. The van der Waals surface area contributed by atoms with E-state index in [-0.39, 0.29) is 5.60 Å². The van der Waals surface area contributed by atoms with E-state index in [1.54, 1.807) is 12.1 Å². The summed E-state index contributed by atoms with van der Waals surface area (Å²) in [5.74, 6) is 1.15. The Balaban J connectivity index is 2.83. The van der Waals surface area contributed by atoms with E-state index in [2.05, 4.69) is 32.8 Å². The van der Waals surface area contributed by atoms with Crippen LogP contribution in [0.5, 0.6) is 5.88 Å². The molecule has 1 rings (SSSR count). The van der Waals surface area contributed by atoms with Gasteiger partial charge in [0.15, 0.2) is 0 Å². The standard InChI is InChI=1S/C12H18BrN3O/c1-8(13)7-15-10-6-5-9(14)11(16-10)17-12(2,3)4/h5-6H,1,7,14H2,2-4H3,(H,15,16). The molecule has 17 heavy (non-hydrogen) atoms. The third-order valence-electron chi connectivity index (χ3n) is 1.75. The van der Waals surface area contributed by atoms with E-state index in [1.165, 1.54) is 0 Å². The number of ether oxygens (including phenoxy) is 1. The Morgan fingerprint density at radius 2 is 2.18 bits per heavy atom. The van der Waals surface area contributed by atoms with Gasteiger partial charge in [0, 0.05) is 11.0 Å². The summed E-state index contributed by atoms with van der Waals surface area (Å²) in [7, 11) is 0. The van der Waals surface area contributed by atoms with Crippen molar-refractivity contribution in [2.75, 3.05) is 17.6 Å². The molecule has 1 aromatic heterocycles. The monoisotopic (exact) mass is 299 g/mol. The fourth-order valence-corrected chi connectivity index (χ4v) is 1.25. The topological polar surface area (TPSA) is 60.2 Å². The third kappa shape index (κ3) is 5.08. The first-order valence-electron chi connectivity index (χ1n) is 5.30. The molecule has 0 aromatic carbocycles. The predicted octanol–water partition coefficient (Wildman–Crippen LogP) is 3.16. The summed E-state index contributed by atoms with van der Waals surface area (Å²) in [6.07, 6.45) is 0. The van der Waals surface area contributed by atoms with Crippen LogP contribution in [0, 0.1) is 0 Å². The Kier molecular flexibility index (Phi) is 4.40. The van der Waals surface area contributed by atoms with Gasteiger partial charge in [0.1, 0.15) is 11.4 Å². The molecule has 0 atom stereocenters. The summed E-state index contributed by atoms with van der Waals surface area (Å²) in [4.78, 5) is 4.31. The quantitative estimate of drug-likeness (QED) is 0.896. The van der Waals surface area contributed by atoms with Crippen molar-refractivity contribution in [3.05, 3.63) is 23.2 Å². The van der Waals surface area contributed by atoms with Crippen molar-refractivity contribution < 1.29 is 4.74 Å². The average Bonchev–Trinajstić information content (AvgIpc) is 2.17. The van der Waals surface area contributed by atoms with Crippen LogP contribution in [0.4, 0.5) is 11.5 Å². The minimum absolute atomic E-state index is 0.321. The normalized spacial score (nSPS) is 11.1. The number of rotatable bonds is 4. The van der Waals surface area contributed by atoms with Crippen molar-refractivity contribution in [3.63, 3.8) is 0 Å². The first-order valence-corrected chi connectivity index (χ1v) is 6.10. The summed E-state index contributed by atoms with van der Waals surface area (Å²) in [6, 6.07) is 3.58. The van der Waals surface area contributed by atoms with E-state index in [4.69, 9.17) is 10.5 Å². The highest BCUT2D eigenvalue weighted by molar-refractivity contribution is 9.11. The lowest BCUT2D eigenvalue weighted by atomic mass is 10.2. The molecule has 1 heterocycles. The van der Waals surface area contributed by atoms with Crippen LogP contribution in [0.25, 0.3) is 0 Å². The molecule has 94 valence electrons. The fraction of sp³-hybridized carbons (Fsp3) is 0.417. The van der Waals surface area contributed by atoms with E-state index in [0.717, 1.165) is 4.48 Å². The van der Waals surface area contributed by atoms with Crippen molar-refractivity contribution in [2.45, 2.75) is 26.4 Å². The highest BCUT2D eigenvalue weighted by Crippen LogP contribution is 2.24. The van der Waals surface area contributed by atoms with Crippen molar-refractivity contribution in [1.29, 1.82) is 0 Å². The van der Waals surface area contributed by atoms with Gasteiger partial charge in [-0.2, -0.15) is 4.98 Å². The lowest BCUT2D eigenvalue weighted by Crippen LogP contribution is -2.24. The van der Waals surface area contributed by atoms with Crippen LogP contribution in [-0.4, -0.2) is 17.1 Å². The molecule has 0 aliphatic rings. The molecular weight excluding hydrogens is 282 g/mol. The Morgan fingerprint density at radius 1 is 1.53 bits per heavy atom. The molecule has 0 fully saturated rings. The molecule has 0 spiro atoms. The number of anilines is 2. The number of nitrogen functional groups attached to an aromatic ring is 1. The Bertz CT molecular complexity index is 413. The molecule has 0 aliphatic heterocycles. The van der Waals surface area contributed by atoms with Crippen LogP contribution in [-0.2, 0) is 0 Å². The first-order chi connectivity index (χ1) is 7.78. The van der Waals surface area contributed by atoms with Gasteiger partial charge in [0.05, 0.1) is 5.69 Å². The zero-order chi connectivity index (χ0) is 13.1. The molecule has 1 aromatic rings. The molecule has 0 bridgehead atoms. The van der Waals surface area contributed by atoms with Gasteiger partial charge < -0.3 is 15.8 Å². The molecule has 0 unspecified atom stereocenters. The first kappa shape index (κ1) is 13.8. The predicted molar refractivity (Wildman–Crippen MR) is 75.6 cm³/mol. The summed E-state index contributed by atoms with van der Waals surface area (Å²) in [5, 5.41) is 3.10. The molecule has 0 aliphatic carbocycles. The van der Waals surface area contributed by atoms with Crippen molar-refractivity contribution in [1.82, 2.24) is 4.98 Å². The zero-order valence-electron chi connectivity index (χ0n) is 10.4. The number of hydrogen-bond donors (Lipinski definition) is 2. The lowest BCUT2D eigenvalue weighted by molar-refractivity contribution is 0.125. The maximum atomic E-state index is 5.81. The summed E-state index contributed by atoms with van der Waals surface area (Å²) >= 11 is 3.27. The Hall–Kier alpha value is -1.23. The van der Waals surface area contributed by atoms with Gasteiger partial charge in [-0.3, -0.25) is 0 Å². The van der Waals surface area contributed by atoms with Crippen molar-refractivity contribution in [3.8, 4) is 5.88 Å². The second kappa shape index (κ2) is 5.40. The van der Waals surface area contributed by atoms with Gasteiger partial charge in [-0.05, 0) is 32.9 Å². The summed E-state index contributed by atoms with van der Waals surface area (Å²) in [6.45, 7) is 10.2. The highest BCUT2D eigenvalue weighted by Gasteiger charge is 2.15. The minimum Gasteiger partial charge on any atom is -0.470 e. The van der Waals surface area contributed by atoms with Crippen molar-refractivity contribution >= 4 is 27.4 Å². The smallest absolute Gasteiger partial charge is 0.239 e. The molecule has 0 amide bonds. The van der Waals surface area contributed by atoms with Crippen LogP contribution in [0.1, 0.15) is 20.8 Å². The Labute approximate surface area is 110 Å². The molecule has 0 saturated carbocycles. The third-order valence-corrected chi connectivity index (χ3v) is 2.03. The Morgan fingerprint density at radius 3 is 2.71 bits per heavy atom. The second-order valence-electron chi connectivity index (χ2n) is 4.68. The number of pyridine rings is 1. The van der Waals surface area contributed by atoms with Crippen LogP contribution in [0.15, 0.2) is 23.2 Å². The number of halogens is 1. The lowest BCUT2D eigenvalue weighted by Gasteiger charge is -2.21. The summed E-state index contributed by atoms with van der Waals surface area (Å²) in [5.41, 5.74) is 6.02. The van der Waals surface area contributed by atoms with E-state index < -0.39 is 0 Å². The maximum Gasteiger partial charge on any atom is 0.239 e. The van der Waals surface area contributed by atoms with Gasteiger partial charge in [-0.25, -0.2) is 0 Å². The molecular formula is C12H18BrN3O. The van der Waals surface area contributed by atoms with Crippen molar-refractivity contribution in [2.24, 2.45) is 0 Å². The van der Waals surface area contributed by atoms with E-state index in [0.29, 0.717) is 23.9 Å². The fourth-order valence-electron chi connectivity index (χ4n) is 1.11. The number of nitrogens with zero attached hydrogens (tertiary/aromatic N) is 1. The zero-order valence-corrected chi connectivity index (χ0v) is 12.0. The molecule has 4 nitrogen and oxygen atoms in total. The van der Waals surface area contributed by atoms with Crippen LogP contribution in [0.2, 0.25) is 0 Å². The molecule has 3 N–H and O–H groups in total. The molecule has 0 radical (unpaired) electrons. The van der Waals surface area contributed by atoms with E-state index >= 15 is 0 Å². The number of nitrogens with two attached hydrogens (primary N) is 1. The van der Waals surface area contributed by atoms with Gasteiger partial charge >= 0.3 is 0 Å². The van der Waals surface area contributed by atoms with Crippen LogP contribution in [0.3, 0.4) is 0 Å². The van der Waals surface area contributed by atoms with E-state index in [1.807, 2.05) is 20.8 Å². The molecule has 5 heteroatoms. The van der Waals surface area contributed by atoms with Crippen LogP contribution < -0.4 is 15.8 Å². The van der Waals surface area contributed by atoms with Crippen LogP contribution >= 0.6 is 15.9 Å². The van der Waals surface area contributed by atoms with E-state index in [9.17, 15) is 0 Å². The number of nitrogens with one attached hydrogen (secondary N) is 1. The number of aromatic nitrogens is 1.